The van der Waals surface area contributed by atoms with Gasteiger partial charge >= 0.3 is 37.1 Å². The molecule has 0 fully saturated rings. The number of benzene rings is 9. The van der Waals surface area contributed by atoms with Crippen molar-refractivity contribution in [2.24, 2.45) is 0 Å². The Hall–Kier alpha value is -13.6. The second-order valence-electron chi connectivity index (χ2n) is 28.0. The van der Waals surface area contributed by atoms with Crippen LogP contribution in [0.25, 0.3) is 22.1 Å². The molecule has 9 aromatic carbocycles. The molecule has 0 saturated heterocycles. The molecule has 692 valence electrons. The van der Waals surface area contributed by atoms with Gasteiger partial charge in [-0.25, -0.2) is 24.3 Å². The molecule has 6 N–H and O–H groups in total. The largest absolute Gasteiger partial charge is 0.471 e. The fourth-order valence-electron chi connectivity index (χ4n) is 12.0. The third kappa shape index (κ3) is 32.6. The highest BCUT2D eigenvalue weighted by molar-refractivity contribution is 8.00. The molecule has 0 aliphatic heterocycles. The molecule has 40 heteroatoms. The van der Waals surface area contributed by atoms with Gasteiger partial charge in [0.05, 0.1) is 79.2 Å². The molecule has 0 bridgehead atoms. The van der Waals surface area contributed by atoms with E-state index < -0.39 is 75.4 Å². The highest BCUT2D eigenvalue weighted by Crippen LogP contribution is 2.38. The number of ether oxygens (including phenoxy) is 1. The van der Waals surface area contributed by atoms with Crippen molar-refractivity contribution in [1.82, 2.24) is 54.1 Å². The molecule has 21 nitrogen and oxygen atoms in total. The van der Waals surface area contributed by atoms with Crippen molar-refractivity contribution < 1.29 is 88.7 Å². The molecular weight excluding hydrogens is 1760 g/mol. The summed E-state index contributed by atoms with van der Waals surface area (Å²) >= 11 is 1.55. The third-order valence-electron chi connectivity index (χ3n) is 18.6. The Kier molecular flexibility index (Phi) is 37.6. The van der Waals surface area contributed by atoms with Crippen LogP contribution in [0.1, 0.15) is 138 Å². The van der Waals surface area contributed by atoms with Crippen LogP contribution >= 0.6 is 11.8 Å². The second-order valence-corrected chi connectivity index (χ2v) is 29.2. The van der Waals surface area contributed by atoms with Crippen molar-refractivity contribution >= 4 is 68.0 Å². The molecule has 5 heterocycles. The number of imidazole rings is 2. The van der Waals surface area contributed by atoms with E-state index in [0.29, 0.717) is 52.7 Å². The summed E-state index contributed by atoms with van der Waals surface area (Å²) in [6, 6.07) is 60.2. The lowest BCUT2D eigenvalue weighted by Gasteiger charge is -2.21. The molecule has 14 rings (SSSR count). The Bertz CT molecular complexity index is 5240. The minimum Gasteiger partial charge on any atom is -0.471 e. The van der Waals surface area contributed by atoms with Crippen LogP contribution < -0.4 is 36.6 Å². The SMILES string of the molecule is CCC(Nc1ccc(C(F)(F)F)cc1)Oc1ccccc1.CCC(Nc1ccc(C(F)(F)F)cc1)Sc1ccccn1.CCC(Nc1ccc(C(F)(F)F)cc1)n1ccnc1.CCC(Nc1ccc(C(F)(F)F)cc1)n1ccnn1.CCC(Nc1ccc(C(F)(F)F)cc1)n1cnc2ccccc21.CCC(Nc1ccc(C(F)(F)F)cc1)n1nnc2ccccc21.C[N+](=O)[O-]. The summed E-state index contributed by atoms with van der Waals surface area (Å²) in [5.74, 6) is 0.712. The standard InChI is InChI=1S/C17H16F3N3.C16H15F3N4.C16H16F3NO.C15H15F3N2S.C13H14F3N3.C12H13F3N4.CH3NO2/c1-2-16(23-11-21-14-5-3-4-6-15(14)23)22-13-9-7-12(8-10-13)17(18,19)20;1-2-15(23-14-6-4-3-5-13(14)21-22-23)20-12-9-7-11(8-10-12)16(17,18)19;1-2-15(21-14-6-4-3-5-7-14)20-13-10-8-12(9-11-13)16(17,18)19;1-2-13(21-14-5-3-4-10-19-14)20-12-8-6-11(7-9-12)15(16,17)18;1-2-12(19-8-7-17-9-19)18-11-5-3-10(4-6-11)13(14,15)16;1-2-11(19-8-7-16-18-19)17-10-5-3-9(4-6-10)12(13,14)15;1-2(3)4/h3-11,16,22H,2H2,1H3;3-10,15,20H,2H2,1H3;3-11,15,20H,2H2,1H3;3-10,13,20H,2H2,1H3;3-9,12,18H,2H2,1H3;3-8,11,17H,2H2,1H3;1H3. The first-order chi connectivity index (χ1) is 61.7. The van der Waals surface area contributed by atoms with Crippen molar-refractivity contribution in [3.05, 3.63) is 330 Å². The number of halogens is 18. The zero-order valence-electron chi connectivity index (χ0n) is 70.6. The van der Waals surface area contributed by atoms with E-state index in [1.807, 2.05) is 154 Å². The zero-order chi connectivity index (χ0) is 94.8. The van der Waals surface area contributed by atoms with E-state index in [9.17, 15) is 79.0 Å². The number of alkyl halides is 18. The van der Waals surface area contributed by atoms with Gasteiger partial charge < -0.3 is 45.8 Å². The van der Waals surface area contributed by atoms with Gasteiger partial charge in [-0.3, -0.25) is 10.1 Å². The van der Waals surface area contributed by atoms with E-state index in [-0.39, 0.29) is 36.3 Å². The van der Waals surface area contributed by atoms with Gasteiger partial charge in [-0.05, 0) is 226 Å². The molecule has 14 aromatic rings. The smallest absolute Gasteiger partial charge is 0.416 e. The first kappa shape index (κ1) is 102. The lowest BCUT2D eigenvalue weighted by molar-refractivity contribution is -0.445. The highest BCUT2D eigenvalue weighted by atomic mass is 32.2. The molecule has 0 aliphatic rings. The maximum Gasteiger partial charge on any atom is 0.416 e. The van der Waals surface area contributed by atoms with E-state index in [1.165, 1.54) is 72.8 Å². The van der Waals surface area contributed by atoms with Crippen molar-refractivity contribution in [3.8, 4) is 5.75 Å². The molecule has 6 atom stereocenters. The van der Waals surface area contributed by atoms with E-state index in [0.717, 1.165) is 133 Å². The normalized spacial score (nSPS) is 12.9. The first-order valence-electron chi connectivity index (χ1n) is 40.2. The minimum absolute atomic E-state index is 0.0285. The van der Waals surface area contributed by atoms with Gasteiger partial charge in [0.2, 0.25) is 0 Å². The van der Waals surface area contributed by atoms with Gasteiger partial charge in [0.15, 0.2) is 13.3 Å². The summed E-state index contributed by atoms with van der Waals surface area (Å²) < 4.78 is 238. The van der Waals surface area contributed by atoms with Gasteiger partial charge in [-0.15, -0.1) is 10.2 Å². The number of fused-ring (bicyclic) bond motifs is 2. The Balaban J connectivity index is 0.000000191. The van der Waals surface area contributed by atoms with Crippen LogP contribution in [-0.4, -0.2) is 77.6 Å². The summed E-state index contributed by atoms with van der Waals surface area (Å²) in [5, 5.41) is 44.5. The van der Waals surface area contributed by atoms with Crippen molar-refractivity contribution in [2.45, 2.75) is 158 Å². The van der Waals surface area contributed by atoms with Crippen LogP contribution in [0.15, 0.2) is 291 Å². The number of pyridine rings is 1. The Morgan fingerprint density at radius 2 is 0.762 bits per heavy atom. The predicted octanol–water partition coefficient (Wildman–Crippen LogP) is 26.7. The van der Waals surface area contributed by atoms with Crippen molar-refractivity contribution in [3.63, 3.8) is 0 Å². The Morgan fingerprint density at radius 3 is 1.15 bits per heavy atom. The highest BCUT2D eigenvalue weighted by Gasteiger charge is 2.35. The van der Waals surface area contributed by atoms with Crippen LogP contribution in [0.3, 0.4) is 0 Å². The number of nitro groups is 1. The number of para-hydroxylation sites is 4. The summed E-state index contributed by atoms with van der Waals surface area (Å²) in [6.45, 7) is 11.9. The van der Waals surface area contributed by atoms with Crippen LogP contribution in [0, 0.1) is 10.1 Å². The van der Waals surface area contributed by atoms with E-state index in [4.69, 9.17) is 14.9 Å². The van der Waals surface area contributed by atoms with Crippen LogP contribution in [-0.2, 0) is 37.1 Å². The van der Waals surface area contributed by atoms with Crippen LogP contribution in [0.2, 0.25) is 0 Å². The number of rotatable bonds is 26. The maximum atomic E-state index is 12.6. The molecule has 6 unspecified atom stereocenters. The fourth-order valence-corrected chi connectivity index (χ4v) is 12.9. The molecular formula is C90H92F18N18O3S. The van der Waals surface area contributed by atoms with Crippen LogP contribution in [0.5, 0.6) is 5.75 Å². The van der Waals surface area contributed by atoms with Gasteiger partial charge in [-0.2, -0.15) is 79.0 Å². The van der Waals surface area contributed by atoms with Gasteiger partial charge in [-0.1, -0.05) is 112 Å². The van der Waals surface area contributed by atoms with E-state index in [2.05, 4.69) is 67.5 Å². The second kappa shape index (κ2) is 48.0. The number of aromatic nitrogens is 11. The number of thioether (sulfide) groups is 1. The predicted molar refractivity (Wildman–Crippen MR) is 465 cm³/mol. The maximum absolute atomic E-state index is 12.6. The molecule has 0 aliphatic carbocycles. The Morgan fingerprint density at radius 1 is 0.377 bits per heavy atom. The molecule has 0 amide bonds. The third-order valence-corrected chi connectivity index (χ3v) is 19.8. The zero-order valence-corrected chi connectivity index (χ0v) is 71.5. The van der Waals surface area contributed by atoms with E-state index in [1.54, 1.807) is 58.6 Å². The quantitative estimate of drug-likeness (QED) is 0.00972. The summed E-state index contributed by atoms with van der Waals surface area (Å²) in [7, 11) is 0.889. The van der Waals surface area contributed by atoms with Gasteiger partial charge in [0.25, 0.3) is 0 Å². The molecule has 0 saturated carbocycles. The molecule has 5 aromatic heterocycles. The molecule has 0 spiro atoms. The molecule has 0 radical (unpaired) electrons. The van der Waals surface area contributed by atoms with Crippen molar-refractivity contribution in [1.29, 1.82) is 0 Å². The minimum atomic E-state index is -4.33. The summed E-state index contributed by atoms with van der Waals surface area (Å²) in [6.07, 6.45) is -10.3. The average Bonchev–Trinajstić information content (AvgIpc) is 1.65. The van der Waals surface area contributed by atoms with Gasteiger partial charge in [0.1, 0.15) is 35.9 Å². The monoisotopic (exact) mass is 1850 g/mol. The average molecular weight is 1850 g/mol. The van der Waals surface area contributed by atoms with Gasteiger partial charge in [0, 0.05) is 70.3 Å². The number of anilines is 6. The number of nitrogens with zero attached hydrogens (tertiary/aromatic N) is 12. The number of hydrogen-bond acceptors (Lipinski definition) is 17. The number of hydrogen-bond donors (Lipinski definition) is 6. The molecule has 130 heavy (non-hydrogen) atoms. The summed E-state index contributed by atoms with van der Waals surface area (Å²) in [5.41, 5.74) is 3.36. The lowest BCUT2D eigenvalue weighted by atomic mass is 10.2. The van der Waals surface area contributed by atoms with Crippen molar-refractivity contribution in [2.75, 3.05) is 38.9 Å². The van der Waals surface area contributed by atoms with Crippen LogP contribution in [0.4, 0.5) is 113 Å². The summed E-state index contributed by atoms with van der Waals surface area (Å²) in [4.78, 5) is 20.8. The number of nitrogens with one attached hydrogen (secondary N) is 6. The lowest BCUT2D eigenvalue weighted by Crippen LogP contribution is -2.25. The first-order valence-corrected chi connectivity index (χ1v) is 41.1. The topological polar surface area (TPSA) is 234 Å². The fraction of sp³-hybridized carbons (Fsp3) is 0.278. The Labute approximate surface area is 740 Å². The van der Waals surface area contributed by atoms with E-state index >= 15 is 0 Å².